The fourth-order valence-corrected chi connectivity index (χ4v) is 2.81. The molecule has 0 spiro atoms. The Kier molecular flexibility index (Phi) is 2.68. The third-order valence-corrected chi connectivity index (χ3v) is 4.01. The van der Waals surface area contributed by atoms with Crippen LogP contribution in [0.2, 0.25) is 0 Å². The highest BCUT2D eigenvalue weighted by Crippen LogP contribution is 2.19. The number of nitrogens with one attached hydrogen (secondary N) is 2. The van der Waals surface area contributed by atoms with E-state index in [0.717, 1.165) is 10.9 Å². The summed E-state index contributed by atoms with van der Waals surface area (Å²) in [5.41, 5.74) is 1.15. The van der Waals surface area contributed by atoms with E-state index in [1.165, 1.54) is 18.5 Å². The van der Waals surface area contributed by atoms with E-state index in [-0.39, 0.29) is 4.90 Å². The fourth-order valence-electron chi connectivity index (χ4n) is 1.74. The molecule has 0 fully saturated rings. The van der Waals surface area contributed by atoms with Crippen molar-refractivity contribution in [3.8, 4) is 0 Å². The smallest absolute Gasteiger partial charge is 0.262 e. The summed E-state index contributed by atoms with van der Waals surface area (Å²) >= 11 is 0. The standard InChI is InChI=1S/C12H10N4O2S/c17-19(18,16-10-7-14-15-8-10)11-3-4-12-9(6-11)2-1-5-13-12/h1-8,16H,(H,14,15). The molecular weight excluding hydrogens is 264 g/mol. The van der Waals surface area contributed by atoms with Gasteiger partial charge in [-0.1, -0.05) is 6.07 Å². The zero-order valence-electron chi connectivity index (χ0n) is 9.74. The molecule has 0 radical (unpaired) electrons. The number of pyridine rings is 1. The molecule has 96 valence electrons. The Morgan fingerprint density at radius 2 is 2.11 bits per heavy atom. The maximum absolute atomic E-state index is 12.2. The molecule has 1 aromatic carbocycles. The van der Waals surface area contributed by atoms with Gasteiger partial charge in [-0.05, 0) is 24.3 Å². The van der Waals surface area contributed by atoms with Crippen LogP contribution in [0.25, 0.3) is 10.9 Å². The van der Waals surface area contributed by atoms with Crippen LogP contribution >= 0.6 is 0 Å². The second-order valence-corrected chi connectivity index (χ2v) is 5.63. The Labute approximate surface area is 109 Å². The molecule has 6 nitrogen and oxygen atoms in total. The summed E-state index contributed by atoms with van der Waals surface area (Å²) in [6, 6.07) is 8.38. The monoisotopic (exact) mass is 274 g/mol. The Balaban J connectivity index is 2.03. The van der Waals surface area contributed by atoms with E-state index < -0.39 is 10.0 Å². The maximum atomic E-state index is 12.2. The van der Waals surface area contributed by atoms with Crippen molar-refractivity contribution in [1.29, 1.82) is 0 Å². The van der Waals surface area contributed by atoms with Gasteiger partial charge in [0.15, 0.2) is 0 Å². The number of fused-ring (bicyclic) bond motifs is 1. The summed E-state index contributed by atoms with van der Waals surface area (Å²) in [6.07, 6.45) is 4.54. The molecule has 0 bridgehead atoms. The fraction of sp³-hybridized carbons (Fsp3) is 0. The Hall–Kier alpha value is -2.41. The van der Waals surface area contributed by atoms with Crippen LogP contribution < -0.4 is 4.72 Å². The molecule has 0 aliphatic rings. The van der Waals surface area contributed by atoms with Gasteiger partial charge in [-0.25, -0.2) is 8.42 Å². The van der Waals surface area contributed by atoms with Crippen molar-refractivity contribution in [3.05, 3.63) is 48.9 Å². The van der Waals surface area contributed by atoms with E-state index in [9.17, 15) is 8.42 Å². The van der Waals surface area contributed by atoms with Gasteiger partial charge < -0.3 is 0 Å². The third kappa shape index (κ3) is 2.27. The van der Waals surface area contributed by atoms with Crippen LogP contribution in [-0.2, 0) is 10.0 Å². The number of hydrogen-bond acceptors (Lipinski definition) is 4. The summed E-state index contributed by atoms with van der Waals surface area (Å²) in [6.45, 7) is 0. The number of aromatic nitrogens is 3. The highest BCUT2D eigenvalue weighted by molar-refractivity contribution is 7.92. The van der Waals surface area contributed by atoms with Crippen molar-refractivity contribution in [2.45, 2.75) is 4.90 Å². The molecule has 0 atom stereocenters. The summed E-state index contributed by atoms with van der Waals surface area (Å²) in [5, 5.41) is 7.01. The second kappa shape index (κ2) is 4.36. The highest BCUT2D eigenvalue weighted by Gasteiger charge is 2.15. The van der Waals surface area contributed by atoms with E-state index in [1.807, 2.05) is 6.07 Å². The SMILES string of the molecule is O=S(=O)(Nc1cn[nH]c1)c1ccc2ncccc2c1. The number of hydrogen-bond donors (Lipinski definition) is 2. The predicted octanol–water partition coefficient (Wildman–Crippen LogP) is 1.76. The molecule has 7 heteroatoms. The zero-order valence-corrected chi connectivity index (χ0v) is 10.6. The van der Waals surface area contributed by atoms with Crippen LogP contribution in [0.4, 0.5) is 5.69 Å². The highest BCUT2D eigenvalue weighted by atomic mass is 32.2. The normalized spacial score (nSPS) is 11.6. The van der Waals surface area contributed by atoms with E-state index in [4.69, 9.17) is 0 Å². The van der Waals surface area contributed by atoms with Gasteiger partial charge in [0.25, 0.3) is 10.0 Å². The van der Waals surface area contributed by atoms with Crippen LogP contribution in [0.3, 0.4) is 0 Å². The lowest BCUT2D eigenvalue weighted by Gasteiger charge is -2.06. The van der Waals surface area contributed by atoms with Crippen LogP contribution in [0.5, 0.6) is 0 Å². The van der Waals surface area contributed by atoms with Crippen LogP contribution in [0.15, 0.2) is 53.8 Å². The van der Waals surface area contributed by atoms with Gasteiger partial charge in [0.2, 0.25) is 0 Å². The van der Waals surface area contributed by atoms with E-state index in [1.54, 1.807) is 24.4 Å². The van der Waals surface area contributed by atoms with Gasteiger partial charge >= 0.3 is 0 Å². The third-order valence-electron chi connectivity index (χ3n) is 2.64. The second-order valence-electron chi connectivity index (χ2n) is 3.95. The molecule has 19 heavy (non-hydrogen) atoms. The summed E-state index contributed by atoms with van der Waals surface area (Å²) < 4.78 is 26.8. The molecule has 0 unspecified atom stereocenters. The van der Waals surface area contributed by atoms with Crippen LogP contribution in [0.1, 0.15) is 0 Å². The van der Waals surface area contributed by atoms with E-state index in [2.05, 4.69) is 19.9 Å². The van der Waals surface area contributed by atoms with Gasteiger partial charge in [-0.15, -0.1) is 0 Å². The molecule has 0 aliphatic heterocycles. The Morgan fingerprint density at radius 1 is 1.21 bits per heavy atom. The minimum absolute atomic E-state index is 0.189. The van der Waals surface area contributed by atoms with Gasteiger partial charge in [0, 0.05) is 17.8 Å². The summed E-state index contributed by atoms with van der Waals surface area (Å²) in [4.78, 5) is 4.34. The van der Waals surface area contributed by atoms with Crippen molar-refractivity contribution in [1.82, 2.24) is 15.2 Å². The van der Waals surface area contributed by atoms with Crippen molar-refractivity contribution < 1.29 is 8.42 Å². The quantitative estimate of drug-likeness (QED) is 0.761. The first-order valence-corrected chi connectivity index (χ1v) is 7.00. The van der Waals surface area contributed by atoms with Gasteiger partial charge in [0.1, 0.15) is 0 Å². The number of H-pyrrole nitrogens is 1. The minimum atomic E-state index is -3.61. The molecule has 3 rings (SSSR count). The number of aromatic amines is 1. The first kappa shape index (κ1) is 11.7. The number of anilines is 1. The van der Waals surface area contributed by atoms with Gasteiger partial charge in [0.05, 0.1) is 22.3 Å². The lowest BCUT2D eigenvalue weighted by atomic mass is 10.2. The van der Waals surface area contributed by atoms with Crippen molar-refractivity contribution in [2.24, 2.45) is 0 Å². The molecule has 0 amide bonds. The Bertz CT molecular complexity index is 813. The molecule has 3 aromatic rings. The maximum Gasteiger partial charge on any atom is 0.262 e. The first-order chi connectivity index (χ1) is 9.15. The molecule has 0 aliphatic carbocycles. The van der Waals surface area contributed by atoms with Gasteiger partial charge in [-0.2, -0.15) is 5.10 Å². The van der Waals surface area contributed by atoms with Crippen LogP contribution in [-0.4, -0.2) is 23.6 Å². The van der Waals surface area contributed by atoms with E-state index >= 15 is 0 Å². The lowest BCUT2D eigenvalue weighted by Crippen LogP contribution is -2.12. The number of nitrogens with zero attached hydrogens (tertiary/aromatic N) is 2. The van der Waals surface area contributed by atoms with Gasteiger partial charge in [-0.3, -0.25) is 14.8 Å². The molecule has 0 saturated heterocycles. The van der Waals surface area contributed by atoms with E-state index in [0.29, 0.717) is 5.69 Å². The average Bonchev–Trinajstić information content (AvgIpc) is 2.90. The molecule has 2 N–H and O–H groups in total. The molecular formula is C12H10N4O2S. The number of benzene rings is 1. The summed E-state index contributed by atoms with van der Waals surface area (Å²) in [7, 11) is -3.61. The summed E-state index contributed by atoms with van der Waals surface area (Å²) in [5.74, 6) is 0. The lowest BCUT2D eigenvalue weighted by molar-refractivity contribution is 0.601. The minimum Gasteiger partial charge on any atom is -0.284 e. The molecule has 0 saturated carbocycles. The zero-order chi connectivity index (χ0) is 13.3. The van der Waals surface area contributed by atoms with Crippen molar-refractivity contribution in [2.75, 3.05) is 4.72 Å². The molecule has 2 heterocycles. The van der Waals surface area contributed by atoms with Crippen molar-refractivity contribution in [3.63, 3.8) is 0 Å². The first-order valence-electron chi connectivity index (χ1n) is 5.51. The number of rotatable bonds is 3. The molecule has 2 aromatic heterocycles. The Morgan fingerprint density at radius 3 is 2.89 bits per heavy atom. The largest absolute Gasteiger partial charge is 0.284 e. The van der Waals surface area contributed by atoms with Crippen LogP contribution in [0, 0.1) is 0 Å². The van der Waals surface area contributed by atoms with Crippen molar-refractivity contribution >= 4 is 26.6 Å². The number of sulfonamides is 1. The predicted molar refractivity (Wildman–Crippen MR) is 71.1 cm³/mol. The topological polar surface area (TPSA) is 87.7 Å². The average molecular weight is 274 g/mol.